The zero-order valence-corrected chi connectivity index (χ0v) is 15.6. The van der Waals surface area contributed by atoms with Crippen molar-refractivity contribution in [2.24, 2.45) is 10.1 Å². The van der Waals surface area contributed by atoms with Crippen molar-refractivity contribution in [1.82, 2.24) is 15.4 Å². The summed E-state index contributed by atoms with van der Waals surface area (Å²) in [4.78, 5) is 22.7. The van der Waals surface area contributed by atoms with Crippen LogP contribution in [0.15, 0.2) is 82.9 Å². The zero-order chi connectivity index (χ0) is 20.9. The first kappa shape index (κ1) is 18.8. The number of rotatable bonds is 5. The van der Waals surface area contributed by atoms with Gasteiger partial charge in [0.25, 0.3) is 5.69 Å². The van der Waals surface area contributed by atoms with Crippen molar-refractivity contribution in [1.29, 1.82) is 0 Å². The maximum atomic E-state index is 11.0. The van der Waals surface area contributed by atoms with E-state index in [1.807, 2.05) is 54.6 Å². The van der Waals surface area contributed by atoms with Gasteiger partial charge in [-0.1, -0.05) is 30.3 Å². The van der Waals surface area contributed by atoms with Crippen LogP contribution in [-0.2, 0) is 0 Å². The molecule has 0 saturated carbocycles. The maximum absolute atomic E-state index is 11.0. The number of aromatic amines is 1. The van der Waals surface area contributed by atoms with Crippen LogP contribution < -0.4 is 5.43 Å². The normalized spacial score (nSPS) is 11.8. The van der Waals surface area contributed by atoms with Crippen molar-refractivity contribution in [3.63, 3.8) is 0 Å². The van der Waals surface area contributed by atoms with Crippen LogP contribution in [0.3, 0.4) is 0 Å². The largest absolute Gasteiger partial charge is 0.507 e. The average molecular weight is 400 g/mol. The molecule has 0 atom stereocenters. The number of amidine groups is 1. The van der Waals surface area contributed by atoms with E-state index in [-0.39, 0.29) is 17.0 Å². The third-order valence-corrected chi connectivity index (χ3v) is 4.21. The van der Waals surface area contributed by atoms with E-state index in [9.17, 15) is 15.2 Å². The third-order valence-electron chi connectivity index (χ3n) is 4.21. The number of imidazole rings is 1. The summed E-state index contributed by atoms with van der Waals surface area (Å²) in [5.74, 6) is 0.690. The number of non-ortho nitro benzene ring substituents is 1. The number of phenols is 1. The molecule has 9 nitrogen and oxygen atoms in total. The molecule has 0 amide bonds. The van der Waals surface area contributed by atoms with Crippen LogP contribution in [0.2, 0.25) is 0 Å². The number of nitro groups is 1. The van der Waals surface area contributed by atoms with E-state index in [1.54, 1.807) is 0 Å². The number of benzene rings is 3. The summed E-state index contributed by atoms with van der Waals surface area (Å²) in [6.45, 7) is 0. The zero-order valence-electron chi connectivity index (χ0n) is 15.6. The summed E-state index contributed by atoms with van der Waals surface area (Å²) in [5.41, 5.74) is 5.17. The lowest BCUT2D eigenvalue weighted by Crippen LogP contribution is -2.20. The summed E-state index contributed by atoms with van der Waals surface area (Å²) >= 11 is 0. The van der Waals surface area contributed by atoms with Gasteiger partial charge in [-0.25, -0.2) is 9.98 Å². The highest BCUT2D eigenvalue weighted by molar-refractivity contribution is 6.00. The summed E-state index contributed by atoms with van der Waals surface area (Å²) in [7, 11) is 0. The van der Waals surface area contributed by atoms with Crippen molar-refractivity contribution in [3.8, 4) is 5.75 Å². The SMILES string of the molecule is O=[N+]([O-])c1ccc(O)c(/C=N/NC(=Nc2ccccc2)c2nc3ccccc3[nH]2)c1. The molecule has 0 radical (unpaired) electrons. The number of hydrazone groups is 1. The van der Waals surface area contributed by atoms with Gasteiger partial charge in [0.2, 0.25) is 0 Å². The second-order valence-corrected chi connectivity index (χ2v) is 6.27. The molecule has 1 aromatic heterocycles. The molecule has 4 rings (SSSR count). The predicted molar refractivity (Wildman–Crippen MR) is 114 cm³/mol. The number of fused-ring (bicyclic) bond motifs is 1. The first-order valence-electron chi connectivity index (χ1n) is 8.95. The van der Waals surface area contributed by atoms with E-state index in [4.69, 9.17) is 0 Å². The molecule has 0 saturated heterocycles. The van der Waals surface area contributed by atoms with Gasteiger partial charge in [0.05, 0.1) is 27.9 Å². The Kier molecular flexibility index (Phi) is 5.16. The van der Waals surface area contributed by atoms with Gasteiger partial charge < -0.3 is 10.1 Å². The van der Waals surface area contributed by atoms with E-state index >= 15 is 0 Å². The van der Waals surface area contributed by atoms with E-state index in [0.29, 0.717) is 17.3 Å². The lowest BCUT2D eigenvalue weighted by Gasteiger charge is -2.04. The predicted octanol–water partition coefficient (Wildman–Crippen LogP) is 3.88. The van der Waals surface area contributed by atoms with Crippen molar-refractivity contribution in [3.05, 3.63) is 94.3 Å². The molecule has 148 valence electrons. The minimum atomic E-state index is -0.541. The highest BCUT2D eigenvalue weighted by Crippen LogP contribution is 2.21. The van der Waals surface area contributed by atoms with Gasteiger partial charge in [0, 0.05) is 17.7 Å². The molecule has 0 aliphatic carbocycles. The lowest BCUT2D eigenvalue weighted by atomic mass is 10.2. The summed E-state index contributed by atoms with van der Waals surface area (Å²) in [5, 5.41) is 25.0. The Morgan fingerprint density at radius 1 is 1.10 bits per heavy atom. The standard InChI is InChI=1S/C21H16N6O3/c28-19-11-10-16(27(29)30)12-14(19)13-22-26-21(23-15-6-2-1-3-7-15)20-24-17-8-4-5-9-18(17)25-20/h1-13,28H,(H,23,26)(H,24,25)/b22-13+. The van der Waals surface area contributed by atoms with Crippen molar-refractivity contribution >= 4 is 34.5 Å². The minimum absolute atomic E-state index is 0.128. The maximum Gasteiger partial charge on any atom is 0.270 e. The first-order valence-corrected chi connectivity index (χ1v) is 8.95. The molecule has 3 N–H and O–H groups in total. The molecule has 0 bridgehead atoms. The first-order chi connectivity index (χ1) is 14.6. The number of aromatic nitrogens is 2. The Morgan fingerprint density at radius 2 is 1.87 bits per heavy atom. The van der Waals surface area contributed by atoms with Gasteiger partial charge in [-0.15, -0.1) is 0 Å². The smallest absolute Gasteiger partial charge is 0.270 e. The number of aliphatic imine (C=N–C) groups is 1. The second-order valence-electron chi connectivity index (χ2n) is 6.27. The third kappa shape index (κ3) is 4.14. The van der Waals surface area contributed by atoms with Gasteiger partial charge in [0.1, 0.15) is 5.75 Å². The molecule has 1 heterocycles. The number of para-hydroxylation sites is 3. The quantitative estimate of drug-likeness (QED) is 0.203. The number of aromatic hydroxyl groups is 1. The van der Waals surface area contributed by atoms with Crippen molar-refractivity contribution < 1.29 is 10.0 Å². The minimum Gasteiger partial charge on any atom is -0.507 e. The van der Waals surface area contributed by atoms with Crippen LogP contribution >= 0.6 is 0 Å². The summed E-state index contributed by atoms with van der Waals surface area (Å²) < 4.78 is 0. The molecule has 30 heavy (non-hydrogen) atoms. The highest BCUT2D eigenvalue weighted by atomic mass is 16.6. The second kappa shape index (κ2) is 8.23. The lowest BCUT2D eigenvalue weighted by molar-refractivity contribution is -0.384. The van der Waals surface area contributed by atoms with Crippen molar-refractivity contribution in [2.45, 2.75) is 0 Å². The summed E-state index contributed by atoms with van der Waals surface area (Å²) in [6, 6.07) is 20.5. The Hall–Kier alpha value is -4.53. The molecule has 0 fully saturated rings. The number of nitro benzene ring substituents is 1. The van der Waals surface area contributed by atoms with Crippen LogP contribution in [0, 0.1) is 10.1 Å². The Bertz CT molecular complexity index is 1230. The molecule has 0 spiro atoms. The number of phenolic OH excluding ortho intramolecular Hbond substituents is 1. The fourth-order valence-corrected chi connectivity index (χ4v) is 2.75. The van der Waals surface area contributed by atoms with Crippen LogP contribution in [0.4, 0.5) is 11.4 Å². The molecule has 4 aromatic rings. The van der Waals surface area contributed by atoms with Crippen LogP contribution in [0.5, 0.6) is 5.75 Å². The summed E-state index contributed by atoms with van der Waals surface area (Å²) in [6.07, 6.45) is 1.28. The van der Waals surface area contributed by atoms with Crippen LogP contribution in [0.25, 0.3) is 11.0 Å². The molecular weight excluding hydrogens is 384 g/mol. The molecule has 3 aromatic carbocycles. The molecule has 0 aliphatic heterocycles. The van der Waals surface area contributed by atoms with Crippen LogP contribution in [-0.4, -0.2) is 32.0 Å². The van der Waals surface area contributed by atoms with Gasteiger partial charge in [-0.05, 0) is 30.3 Å². The molecule has 0 unspecified atom stereocenters. The Balaban J connectivity index is 1.67. The van der Waals surface area contributed by atoms with E-state index in [0.717, 1.165) is 11.0 Å². The number of nitrogens with one attached hydrogen (secondary N) is 2. The van der Waals surface area contributed by atoms with Gasteiger partial charge in [0.15, 0.2) is 11.7 Å². The van der Waals surface area contributed by atoms with Gasteiger partial charge in [-0.3, -0.25) is 15.5 Å². The number of hydrogen-bond acceptors (Lipinski definition) is 6. The van der Waals surface area contributed by atoms with Crippen LogP contribution in [0.1, 0.15) is 11.4 Å². The van der Waals surface area contributed by atoms with Gasteiger partial charge in [-0.2, -0.15) is 5.10 Å². The number of hydrogen-bond donors (Lipinski definition) is 3. The van der Waals surface area contributed by atoms with E-state index in [2.05, 4.69) is 25.5 Å². The van der Waals surface area contributed by atoms with E-state index in [1.165, 1.54) is 24.4 Å². The molecular formula is C21H16N6O3. The number of nitrogens with zero attached hydrogens (tertiary/aromatic N) is 4. The average Bonchev–Trinajstić information content (AvgIpc) is 3.19. The van der Waals surface area contributed by atoms with E-state index < -0.39 is 4.92 Å². The topological polar surface area (TPSA) is 129 Å². The number of H-pyrrole nitrogens is 1. The highest BCUT2D eigenvalue weighted by Gasteiger charge is 2.11. The fraction of sp³-hybridized carbons (Fsp3) is 0. The monoisotopic (exact) mass is 400 g/mol. The molecule has 0 aliphatic rings. The fourth-order valence-electron chi connectivity index (χ4n) is 2.75. The Labute approximate surface area is 170 Å². The Morgan fingerprint density at radius 3 is 2.63 bits per heavy atom. The van der Waals surface area contributed by atoms with Gasteiger partial charge >= 0.3 is 0 Å². The molecule has 9 heteroatoms. The van der Waals surface area contributed by atoms with Crippen molar-refractivity contribution in [2.75, 3.05) is 0 Å².